The number of nitrogens with one attached hydrogen (secondary N) is 1. The number of nitrogens with zero attached hydrogens (tertiary/aromatic N) is 2. The molecule has 0 unspecified atom stereocenters. The van der Waals surface area contributed by atoms with Crippen LogP contribution >= 0.6 is 0 Å². The maximum atomic E-state index is 12.5. The minimum absolute atomic E-state index is 0.113. The summed E-state index contributed by atoms with van der Waals surface area (Å²) in [5, 5.41) is 3.13. The van der Waals surface area contributed by atoms with Crippen molar-refractivity contribution in [3.63, 3.8) is 0 Å². The van der Waals surface area contributed by atoms with E-state index in [-0.39, 0.29) is 5.91 Å². The monoisotopic (exact) mass is 395 g/mol. The Balaban J connectivity index is 1.45. The van der Waals surface area contributed by atoms with Crippen molar-refractivity contribution >= 4 is 11.6 Å². The standard InChI is InChI=1S/C24H33N3O2/c1-3-20(21-10-6-5-7-11-21)18-25-24(28)19-26-14-16-27(17-15-26)22-12-8-9-13-23(22)29-4-2/h5-13,20H,3-4,14-19H2,1-2H3,(H,25,28)/t20-/m0/s1. The van der Waals surface area contributed by atoms with Crippen LogP contribution in [0.3, 0.4) is 0 Å². The molecule has 1 aliphatic rings. The lowest BCUT2D eigenvalue weighted by atomic mass is 9.96. The summed E-state index contributed by atoms with van der Waals surface area (Å²) >= 11 is 0. The van der Waals surface area contributed by atoms with Crippen molar-refractivity contribution < 1.29 is 9.53 Å². The molecule has 0 aliphatic carbocycles. The van der Waals surface area contributed by atoms with Crippen LogP contribution in [0.1, 0.15) is 31.7 Å². The van der Waals surface area contributed by atoms with Gasteiger partial charge in [0.1, 0.15) is 5.75 Å². The Hall–Kier alpha value is -2.53. The van der Waals surface area contributed by atoms with Crippen LogP contribution in [0.5, 0.6) is 5.75 Å². The number of hydrogen-bond acceptors (Lipinski definition) is 4. The van der Waals surface area contributed by atoms with Gasteiger partial charge < -0.3 is 15.0 Å². The summed E-state index contributed by atoms with van der Waals surface area (Å²) < 4.78 is 5.76. The maximum absolute atomic E-state index is 12.5. The van der Waals surface area contributed by atoms with Gasteiger partial charge in [0.15, 0.2) is 0 Å². The second kappa shape index (κ2) is 10.9. The average Bonchev–Trinajstić information content (AvgIpc) is 2.76. The van der Waals surface area contributed by atoms with Gasteiger partial charge in [0.25, 0.3) is 0 Å². The molecular formula is C24H33N3O2. The number of carbonyl (C=O) groups is 1. The van der Waals surface area contributed by atoms with Crippen molar-refractivity contribution in [2.24, 2.45) is 0 Å². The zero-order valence-corrected chi connectivity index (χ0v) is 17.6. The molecule has 1 N–H and O–H groups in total. The van der Waals surface area contributed by atoms with Crippen LogP contribution < -0.4 is 15.0 Å². The van der Waals surface area contributed by atoms with E-state index in [1.54, 1.807) is 0 Å². The van der Waals surface area contributed by atoms with Crippen molar-refractivity contribution in [1.82, 2.24) is 10.2 Å². The van der Waals surface area contributed by atoms with E-state index in [4.69, 9.17) is 4.74 Å². The largest absolute Gasteiger partial charge is 0.492 e. The molecule has 5 heteroatoms. The molecule has 0 saturated carbocycles. The van der Waals surface area contributed by atoms with Crippen molar-refractivity contribution in [3.8, 4) is 5.75 Å². The molecule has 1 heterocycles. The van der Waals surface area contributed by atoms with Crippen molar-refractivity contribution in [2.75, 3.05) is 50.8 Å². The van der Waals surface area contributed by atoms with E-state index in [1.165, 1.54) is 5.56 Å². The molecule has 5 nitrogen and oxygen atoms in total. The zero-order valence-electron chi connectivity index (χ0n) is 17.6. The summed E-state index contributed by atoms with van der Waals surface area (Å²) in [5.74, 6) is 1.42. The lowest BCUT2D eigenvalue weighted by molar-refractivity contribution is -0.122. The number of benzene rings is 2. The van der Waals surface area contributed by atoms with E-state index >= 15 is 0 Å². The number of anilines is 1. The first kappa shape index (κ1) is 21.2. The predicted octanol–water partition coefficient (Wildman–Crippen LogP) is 3.52. The predicted molar refractivity (Wildman–Crippen MR) is 119 cm³/mol. The first-order chi connectivity index (χ1) is 14.2. The third-order valence-electron chi connectivity index (χ3n) is 5.55. The van der Waals surface area contributed by atoms with Gasteiger partial charge in [0, 0.05) is 38.6 Å². The maximum Gasteiger partial charge on any atom is 0.234 e. The van der Waals surface area contributed by atoms with Crippen LogP contribution in [0.2, 0.25) is 0 Å². The highest BCUT2D eigenvalue weighted by Gasteiger charge is 2.21. The van der Waals surface area contributed by atoms with Crippen LogP contribution in [0, 0.1) is 0 Å². The van der Waals surface area contributed by atoms with Crippen molar-refractivity contribution in [1.29, 1.82) is 0 Å². The number of ether oxygens (including phenoxy) is 1. The summed E-state index contributed by atoms with van der Waals surface area (Å²) in [7, 11) is 0. The SMILES string of the molecule is CCOc1ccccc1N1CCN(CC(=O)NC[C@H](CC)c2ccccc2)CC1. The van der Waals surface area contributed by atoms with Gasteiger partial charge in [0.2, 0.25) is 5.91 Å². The average molecular weight is 396 g/mol. The summed E-state index contributed by atoms with van der Waals surface area (Å²) in [6, 6.07) is 18.6. The lowest BCUT2D eigenvalue weighted by Crippen LogP contribution is -2.49. The normalized spacial score (nSPS) is 15.7. The molecule has 1 aliphatic heterocycles. The topological polar surface area (TPSA) is 44.8 Å². The fraction of sp³-hybridized carbons (Fsp3) is 0.458. The first-order valence-electron chi connectivity index (χ1n) is 10.7. The highest BCUT2D eigenvalue weighted by molar-refractivity contribution is 5.78. The van der Waals surface area contributed by atoms with Crippen LogP contribution in [0.25, 0.3) is 0 Å². The Labute approximate surface area is 174 Å². The molecule has 1 fully saturated rings. The third kappa shape index (κ3) is 5.97. The highest BCUT2D eigenvalue weighted by atomic mass is 16.5. The van der Waals surface area contributed by atoms with Gasteiger partial charge >= 0.3 is 0 Å². The smallest absolute Gasteiger partial charge is 0.234 e. The second-order valence-electron chi connectivity index (χ2n) is 7.48. The van der Waals surface area contributed by atoms with Gasteiger partial charge in [-0.05, 0) is 31.0 Å². The van der Waals surface area contributed by atoms with Crippen molar-refractivity contribution in [3.05, 3.63) is 60.2 Å². The van der Waals surface area contributed by atoms with E-state index in [9.17, 15) is 4.79 Å². The third-order valence-corrected chi connectivity index (χ3v) is 5.55. The minimum Gasteiger partial charge on any atom is -0.492 e. The van der Waals surface area contributed by atoms with E-state index in [2.05, 4.69) is 58.4 Å². The fourth-order valence-corrected chi connectivity index (χ4v) is 3.86. The van der Waals surface area contributed by atoms with E-state index in [0.717, 1.165) is 44.0 Å². The number of piperazine rings is 1. The number of rotatable bonds is 9. The molecule has 3 rings (SSSR count). The highest BCUT2D eigenvalue weighted by Crippen LogP contribution is 2.28. The minimum atomic E-state index is 0.113. The second-order valence-corrected chi connectivity index (χ2v) is 7.48. The van der Waals surface area contributed by atoms with Gasteiger partial charge in [-0.25, -0.2) is 0 Å². The Bertz CT molecular complexity index is 758. The summed E-state index contributed by atoms with van der Waals surface area (Å²) in [4.78, 5) is 17.1. The van der Waals surface area contributed by atoms with E-state index in [0.29, 0.717) is 25.6 Å². The number of carbonyl (C=O) groups excluding carboxylic acids is 1. The molecule has 1 saturated heterocycles. The molecular weight excluding hydrogens is 362 g/mol. The summed E-state index contributed by atoms with van der Waals surface area (Å²) in [6.45, 7) is 9.56. The van der Waals surface area contributed by atoms with Crippen LogP contribution in [-0.2, 0) is 4.79 Å². The molecule has 1 atom stereocenters. The molecule has 1 amide bonds. The Morgan fingerprint density at radius 3 is 2.38 bits per heavy atom. The molecule has 0 radical (unpaired) electrons. The summed E-state index contributed by atoms with van der Waals surface area (Å²) in [6.07, 6.45) is 1.02. The molecule has 2 aromatic carbocycles. The Kier molecular flexibility index (Phi) is 7.94. The molecule has 2 aromatic rings. The van der Waals surface area contributed by atoms with Crippen LogP contribution in [0.4, 0.5) is 5.69 Å². The van der Waals surface area contributed by atoms with Gasteiger partial charge in [0.05, 0.1) is 18.8 Å². The van der Waals surface area contributed by atoms with Crippen LogP contribution in [-0.4, -0.2) is 56.7 Å². The molecule has 0 bridgehead atoms. The number of amides is 1. The van der Waals surface area contributed by atoms with Gasteiger partial charge in [-0.15, -0.1) is 0 Å². The molecule has 156 valence electrons. The number of hydrogen-bond donors (Lipinski definition) is 1. The van der Waals surface area contributed by atoms with Crippen LogP contribution in [0.15, 0.2) is 54.6 Å². The molecule has 0 spiro atoms. The molecule has 0 aromatic heterocycles. The van der Waals surface area contributed by atoms with Crippen molar-refractivity contribution in [2.45, 2.75) is 26.2 Å². The lowest BCUT2D eigenvalue weighted by Gasteiger charge is -2.36. The molecule has 29 heavy (non-hydrogen) atoms. The van der Waals surface area contributed by atoms with E-state index < -0.39 is 0 Å². The quantitative estimate of drug-likeness (QED) is 0.706. The van der Waals surface area contributed by atoms with Gasteiger partial charge in [-0.1, -0.05) is 49.4 Å². The van der Waals surface area contributed by atoms with Gasteiger partial charge in [-0.2, -0.15) is 0 Å². The zero-order chi connectivity index (χ0) is 20.5. The van der Waals surface area contributed by atoms with Gasteiger partial charge in [-0.3, -0.25) is 9.69 Å². The number of para-hydroxylation sites is 2. The summed E-state index contributed by atoms with van der Waals surface area (Å²) in [5.41, 5.74) is 2.43. The Morgan fingerprint density at radius 2 is 1.69 bits per heavy atom. The van der Waals surface area contributed by atoms with E-state index in [1.807, 2.05) is 25.1 Å². The Morgan fingerprint density at radius 1 is 1.00 bits per heavy atom. The fourth-order valence-electron chi connectivity index (χ4n) is 3.86. The first-order valence-corrected chi connectivity index (χ1v) is 10.7.